The smallest absolute Gasteiger partial charge is 0.0865 e. The molecule has 3 heteroatoms. The van der Waals surface area contributed by atoms with E-state index in [-0.39, 0.29) is 23.2 Å². The van der Waals surface area contributed by atoms with Gasteiger partial charge in [0.2, 0.25) is 0 Å². The Morgan fingerprint density at radius 1 is 0.794 bits per heavy atom. The van der Waals surface area contributed by atoms with Crippen LogP contribution in [0.5, 0.6) is 0 Å². The van der Waals surface area contributed by atoms with E-state index in [4.69, 9.17) is 4.74 Å². The summed E-state index contributed by atoms with van der Waals surface area (Å²) in [6.45, 7) is 21.4. The Labute approximate surface area is 209 Å². The van der Waals surface area contributed by atoms with Crippen LogP contribution in [0.15, 0.2) is 0 Å². The molecule has 4 saturated carbocycles. The van der Waals surface area contributed by atoms with Crippen molar-refractivity contribution in [3.63, 3.8) is 0 Å². The number of hydrogen-bond acceptors (Lipinski definition) is 3. The average molecular weight is 475 g/mol. The monoisotopic (exact) mass is 474 g/mol. The Morgan fingerprint density at radius 3 is 2.06 bits per heavy atom. The standard InChI is InChI=1S/C31H54O3/c1-19-18-22-28(6)14-12-23(32)26(2,3)21(28)11-16-29(22,7)30(8)15-10-20(25(19)30)31(9)17-13-24(34-31)27(4,5)33/h19-25,32-33H,10-18H2,1-9H3/t19-,20+,21-,22+,23+,24-,25+,28+,29-,30-,31+/m1/s1. The number of aliphatic hydroxyl groups is 2. The third-order valence-electron chi connectivity index (χ3n) is 13.6. The fourth-order valence-corrected chi connectivity index (χ4v) is 11.5. The molecule has 5 aliphatic rings. The molecule has 0 bridgehead atoms. The molecule has 2 N–H and O–H groups in total. The third-order valence-corrected chi connectivity index (χ3v) is 13.6. The van der Waals surface area contributed by atoms with Gasteiger partial charge in [0.1, 0.15) is 0 Å². The molecule has 0 spiro atoms. The van der Waals surface area contributed by atoms with E-state index in [0.29, 0.717) is 39.9 Å². The predicted octanol–water partition coefficient (Wildman–Crippen LogP) is 6.99. The van der Waals surface area contributed by atoms with Crippen LogP contribution < -0.4 is 0 Å². The highest BCUT2D eigenvalue weighted by Gasteiger charge is 2.71. The molecule has 1 heterocycles. The molecule has 34 heavy (non-hydrogen) atoms. The number of fused-ring (bicyclic) bond motifs is 5. The van der Waals surface area contributed by atoms with E-state index in [9.17, 15) is 10.2 Å². The Kier molecular flexibility index (Phi) is 5.61. The Balaban J connectivity index is 1.48. The van der Waals surface area contributed by atoms with Crippen LogP contribution in [-0.4, -0.2) is 33.6 Å². The van der Waals surface area contributed by atoms with Crippen LogP contribution in [0.25, 0.3) is 0 Å². The van der Waals surface area contributed by atoms with Gasteiger partial charge in [-0.25, -0.2) is 0 Å². The maximum atomic E-state index is 10.9. The van der Waals surface area contributed by atoms with Crippen LogP contribution in [0.2, 0.25) is 0 Å². The molecule has 5 fully saturated rings. The van der Waals surface area contributed by atoms with E-state index in [0.717, 1.165) is 25.2 Å². The van der Waals surface area contributed by atoms with Crippen LogP contribution in [-0.2, 0) is 4.74 Å². The van der Waals surface area contributed by atoms with Crippen LogP contribution in [0.1, 0.15) is 120 Å². The summed E-state index contributed by atoms with van der Waals surface area (Å²) >= 11 is 0. The normalized spacial score (nSPS) is 57.1. The zero-order valence-corrected chi connectivity index (χ0v) is 23.7. The lowest BCUT2D eigenvalue weighted by Gasteiger charge is -2.71. The van der Waals surface area contributed by atoms with E-state index in [1.54, 1.807) is 0 Å². The van der Waals surface area contributed by atoms with Crippen molar-refractivity contribution in [1.82, 2.24) is 0 Å². The highest BCUT2D eigenvalue weighted by Crippen LogP contribution is 2.77. The predicted molar refractivity (Wildman–Crippen MR) is 138 cm³/mol. The molecular formula is C31H54O3. The molecular weight excluding hydrogens is 420 g/mol. The van der Waals surface area contributed by atoms with Crippen molar-refractivity contribution in [2.75, 3.05) is 0 Å². The van der Waals surface area contributed by atoms with Gasteiger partial charge in [0.15, 0.2) is 0 Å². The van der Waals surface area contributed by atoms with Crippen molar-refractivity contribution in [3.05, 3.63) is 0 Å². The van der Waals surface area contributed by atoms with E-state index in [1.165, 1.54) is 38.5 Å². The average Bonchev–Trinajstić information content (AvgIpc) is 3.30. The second-order valence-corrected chi connectivity index (χ2v) is 15.9. The summed E-state index contributed by atoms with van der Waals surface area (Å²) in [5.74, 6) is 3.34. The first-order valence-corrected chi connectivity index (χ1v) is 14.6. The lowest BCUT2D eigenvalue weighted by atomic mass is 9.34. The molecule has 0 radical (unpaired) electrons. The maximum absolute atomic E-state index is 10.9. The van der Waals surface area contributed by atoms with Gasteiger partial charge < -0.3 is 14.9 Å². The largest absolute Gasteiger partial charge is 0.393 e. The highest BCUT2D eigenvalue weighted by atomic mass is 16.5. The SMILES string of the molecule is C[C@@H]1C[C@H]2[C@@]3(C)CC[C@H](O)C(C)(C)[C@H]3CC[C@@]2(C)[C@]2(C)CC[C@H]([C@]3(C)CC[C@H](C(C)(C)O)O3)[C@H]12. The molecule has 0 aromatic rings. The van der Waals surface area contributed by atoms with Gasteiger partial charge >= 0.3 is 0 Å². The summed E-state index contributed by atoms with van der Waals surface area (Å²) < 4.78 is 6.78. The summed E-state index contributed by atoms with van der Waals surface area (Å²) in [5.41, 5.74) is 0.171. The Morgan fingerprint density at radius 2 is 1.44 bits per heavy atom. The third kappa shape index (κ3) is 3.17. The molecule has 3 nitrogen and oxygen atoms in total. The van der Waals surface area contributed by atoms with Gasteiger partial charge in [-0.1, -0.05) is 41.5 Å². The minimum atomic E-state index is -0.764. The summed E-state index contributed by atoms with van der Waals surface area (Å²) in [6.07, 6.45) is 10.5. The maximum Gasteiger partial charge on any atom is 0.0865 e. The number of hydrogen-bond donors (Lipinski definition) is 2. The fraction of sp³-hybridized carbons (Fsp3) is 1.00. The number of rotatable bonds is 2. The molecule has 1 saturated heterocycles. The summed E-state index contributed by atoms with van der Waals surface area (Å²) in [5, 5.41) is 21.6. The van der Waals surface area contributed by atoms with E-state index in [2.05, 4.69) is 48.5 Å². The second-order valence-electron chi connectivity index (χ2n) is 15.9. The topological polar surface area (TPSA) is 49.7 Å². The van der Waals surface area contributed by atoms with Crippen LogP contribution in [0.4, 0.5) is 0 Å². The Bertz CT molecular complexity index is 814. The molecule has 196 valence electrons. The van der Waals surface area contributed by atoms with E-state index >= 15 is 0 Å². The van der Waals surface area contributed by atoms with Gasteiger partial charge in [-0.3, -0.25) is 0 Å². The van der Waals surface area contributed by atoms with Crippen molar-refractivity contribution in [2.24, 2.45) is 51.2 Å². The minimum absolute atomic E-state index is 0.0187. The minimum Gasteiger partial charge on any atom is -0.393 e. The molecule has 0 aromatic carbocycles. The van der Waals surface area contributed by atoms with Crippen LogP contribution in [0, 0.1) is 51.2 Å². The van der Waals surface area contributed by atoms with Crippen molar-refractivity contribution in [2.45, 2.75) is 144 Å². The zero-order valence-electron chi connectivity index (χ0n) is 23.7. The summed E-state index contributed by atoms with van der Waals surface area (Å²) in [4.78, 5) is 0. The second kappa shape index (κ2) is 7.47. The first-order valence-electron chi connectivity index (χ1n) is 14.6. The molecule has 0 aromatic heterocycles. The first-order chi connectivity index (χ1) is 15.5. The lowest BCUT2D eigenvalue weighted by molar-refractivity contribution is -0.238. The highest BCUT2D eigenvalue weighted by molar-refractivity contribution is 5.19. The van der Waals surface area contributed by atoms with Gasteiger partial charge in [0.05, 0.1) is 23.4 Å². The molecule has 11 atom stereocenters. The van der Waals surface area contributed by atoms with Gasteiger partial charge in [0, 0.05) is 0 Å². The van der Waals surface area contributed by atoms with Crippen molar-refractivity contribution in [1.29, 1.82) is 0 Å². The molecule has 0 amide bonds. The molecule has 0 unspecified atom stereocenters. The van der Waals surface area contributed by atoms with Gasteiger partial charge in [-0.15, -0.1) is 0 Å². The van der Waals surface area contributed by atoms with E-state index in [1.807, 2.05) is 13.8 Å². The number of aliphatic hydroxyl groups excluding tert-OH is 1. The first kappa shape index (κ1) is 25.5. The lowest BCUT2D eigenvalue weighted by Crippen LogP contribution is -2.65. The quantitative estimate of drug-likeness (QED) is 0.453. The molecule has 1 aliphatic heterocycles. The molecule has 4 aliphatic carbocycles. The van der Waals surface area contributed by atoms with Crippen LogP contribution >= 0.6 is 0 Å². The summed E-state index contributed by atoms with van der Waals surface area (Å²) in [7, 11) is 0. The van der Waals surface area contributed by atoms with Gasteiger partial charge in [-0.05, 0) is 130 Å². The Hall–Kier alpha value is -0.120. The van der Waals surface area contributed by atoms with Gasteiger partial charge in [0.25, 0.3) is 0 Å². The summed E-state index contributed by atoms with van der Waals surface area (Å²) in [6, 6.07) is 0. The van der Waals surface area contributed by atoms with Crippen LogP contribution in [0.3, 0.4) is 0 Å². The fourth-order valence-electron chi connectivity index (χ4n) is 11.5. The number of ether oxygens (including phenoxy) is 1. The van der Waals surface area contributed by atoms with Crippen molar-refractivity contribution < 1.29 is 14.9 Å². The van der Waals surface area contributed by atoms with Crippen molar-refractivity contribution in [3.8, 4) is 0 Å². The van der Waals surface area contributed by atoms with Gasteiger partial charge in [-0.2, -0.15) is 0 Å². The zero-order chi connectivity index (χ0) is 25.1. The molecule has 5 rings (SSSR count). The van der Waals surface area contributed by atoms with Crippen molar-refractivity contribution >= 4 is 0 Å². The van der Waals surface area contributed by atoms with E-state index < -0.39 is 5.60 Å².